The van der Waals surface area contributed by atoms with Crippen LogP contribution in [0.5, 0.6) is 5.75 Å². The summed E-state index contributed by atoms with van der Waals surface area (Å²) >= 11 is 3.46. The highest BCUT2D eigenvalue weighted by Crippen LogP contribution is 2.26. The van der Waals surface area contributed by atoms with E-state index in [1.54, 1.807) is 18.2 Å². The van der Waals surface area contributed by atoms with Gasteiger partial charge in [0.1, 0.15) is 12.4 Å². The Kier molecular flexibility index (Phi) is 16.5. The molecule has 1 amide bonds. The number of carbonyl (C=O) groups excluding carboxylic acids is 1. The second kappa shape index (κ2) is 18.5. The van der Waals surface area contributed by atoms with Crippen molar-refractivity contribution in [1.82, 2.24) is 5.32 Å². The van der Waals surface area contributed by atoms with Crippen molar-refractivity contribution in [1.29, 1.82) is 0 Å². The van der Waals surface area contributed by atoms with E-state index in [9.17, 15) is 4.79 Å². The van der Waals surface area contributed by atoms with E-state index >= 15 is 0 Å². The molecule has 0 aliphatic carbocycles. The molecule has 3 nitrogen and oxygen atoms in total. The van der Waals surface area contributed by atoms with Crippen LogP contribution in [-0.4, -0.2) is 19.1 Å². The van der Waals surface area contributed by atoms with E-state index in [-0.39, 0.29) is 5.91 Å². The zero-order valence-electron chi connectivity index (χ0n) is 19.0. The molecule has 4 heteroatoms. The maximum atomic E-state index is 12.3. The molecule has 1 N–H and O–H groups in total. The molecule has 0 heterocycles. The molecule has 0 aliphatic rings. The van der Waals surface area contributed by atoms with Crippen molar-refractivity contribution in [2.75, 3.05) is 13.2 Å². The Morgan fingerprint density at radius 2 is 1.47 bits per heavy atom. The Hall–Kier alpha value is -1.29. The van der Waals surface area contributed by atoms with Gasteiger partial charge in [-0.3, -0.25) is 4.79 Å². The molecular weight excluding hydrogens is 438 g/mol. The highest BCUT2D eigenvalue weighted by atomic mass is 79.9. The molecule has 0 fully saturated rings. The fourth-order valence-electron chi connectivity index (χ4n) is 3.53. The molecule has 0 spiro atoms. The largest absolute Gasteiger partial charge is 0.488 e. The van der Waals surface area contributed by atoms with Gasteiger partial charge in [0.25, 0.3) is 5.91 Å². The van der Waals surface area contributed by atoms with Crippen LogP contribution in [-0.2, 0) is 0 Å². The number of hydrogen-bond donors (Lipinski definition) is 1. The Bertz CT molecular complexity index is 588. The predicted molar refractivity (Wildman–Crippen MR) is 132 cm³/mol. The molecule has 0 aliphatic heterocycles. The first-order valence-electron chi connectivity index (χ1n) is 12.0. The molecule has 0 saturated carbocycles. The molecule has 0 bridgehead atoms. The lowest BCUT2D eigenvalue weighted by Gasteiger charge is -2.09. The van der Waals surface area contributed by atoms with Crippen LogP contribution in [0.2, 0.25) is 0 Å². The zero-order valence-corrected chi connectivity index (χ0v) is 20.6. The average Bonchev–Trinajstić information content (AvgIpc) is 2.75. The summed E-state index contributed by atoms with van der Waals surface area (Å²) in [6.07, 6.45) is 20.5. The van der Waals surface area contributed by atoms with E-state index in [0.29, 0.717) is 12.2 Å². The maximum Gasteiger partial charge on any atom is 0.251 e. The molecule has 0 radical (unpaired) electrons. The van der Waals surface area contributed by atoms with E-state index in [1.807, 2.05) is 6.07 Å². The first kappa shape index (κ1) is 26.7. The number of carbonyl (C=O) groups is 1. The second-order valence-corrected chi connectivity index (χ2v) is 8.95. The van der Waals surface area contributed by atoms with Crippen LogP contribution in [0.1, 0.15) is 107 Å². The Balaban J connectivity index is 1.97. The van der Waals surface area contributed by atoms with E-state index in [2.05, 4.69) is 34.7 Å². The minimum Gasteiger partial charge on any atom is -0.488 e. The molecule has 1 aromatic carbocycles. The van der Waals surface area contributed by atoms with Gasteiger partial charge in [-0.25, -0.2) is 0 Å². The fraction of sp³-hybridized carbons (Fsp3) is 0.654. The van der Waals surface area contributed by atoms with Crippen LogP contribution in [0, 0.1) is 0 Å². The van der Waals surface area contributed by atoms with Crippen LogP contribution in [0.4, 0.5) is 0 Å². The Morgan fingerprint density at radius 3 is 1.97 bits per heavy atom. The van der Waals surface area contributed by atoms with Crippen molar-refractivity contribution < 1.29 is 9.53 Å². The maximum absolute atomic E-state index is 12.3. The highest BCUT2D eigenvalue weighted by Gasteiger charge is 2.08. The SMILES string of the molecule is C=CCOc1ccc(C(=O)NCCCCCCCCCCCCCCCC)cc1Br. The Labute approximate surface area is 193 Å². The van der Waals surface area contributed by atoms with Gasteiger partial charge in [0, 0.05) is 12.1 Å². The first-order valence-corrected chi connectivity index (χ1v) is 12.8. The van der Waals surface area contributed by atoms with Crippen molar-refractivity contribution in [2.45, 2.75) is 96.8 Å². The number of halogens is 1. The van der Waals surface area contributed by atoms with Crippen molar-refractivity contribution >= 4 is 21.8 Å². The third kappa shape index (κ3) is 13.1. The van der Waals surface area contributed by atoms with E-state index in [4.69, 9.17) is 4.74 Å². The lowest BCUT2D eigenvalue weighted by Crippen LogP contribution is -2.24. The van der Waals surface area contributed by atoms with Crippen molar-refractivity contribution in [3.05, 3.63) is 40.9 Å². The van der Waals surface area contributed by atoms with Gasteiger partial charge in [-0.2, -0.15) is 0 Å². The normalized spacial score (nSPS) is 10.7. The quantitative estimate of drug-likeness (QED) is 0.160. The molecule has 0 atom stereocenters. The molecule has 170 valence electrons. The summed E-state index contributed by atoms with van der Waals surface area (Å²) in [4.78, 5) is 12.3. The number of benzene rings is 1. The van der Waals surface area contributed by atoms with Crippen molar-refractivity contribution in [2.24, 2.45) is 0 Å². The summed E-state index contributed by atoms with van der Waals surface area (Å²) in [7, 11) is 0. The lowest BCUT2D eigenvalue weighted by molar-refractivity contribution is 0.0953. The summed E-state index contributed by atoms with van der Waals surface area (Å²) in [5.41, 5.74) is 0.651. The topological polar surface area (TPSA) is 38.3 Å². The predicted octanol–water partition coefficient (Wildman–Crippen LogP) is 8.23. The van der Waals surface area contributed by atoms with Gasteiger partial charge in [0.2, 0.25) is 0 Å². The number of ether oxygens (including phenoxy) is 1. The van der Waals surface area contributed by atoms with Crippen LogP contribution in [0.3, 0.4) is 0 Å². The molecular formula is C26H42BrNO2. The number of rotatable bonds is 19. The monoisotopic (exact) mass is 479 g/mol. The van der Waals surface area contributed by atoms with E-state index in [1.165, 1.54) is 83.5 Å². The molecule has 0 saturated heterocycles. The van der Waals surface area contributed by atoms with Crippen LogP contribution in [0.25, 0.3) is 0 Å². The van der Waals surface area contributed by atoms with Crippen LogP contribution in [0.15, 0.2) is 35.3 Å². The van der Waals surface area contributed by atoms with E-state index < -0.39 is 0 Å². The second-order valence-electron chi connectivity index (χ2n) is 8.10. The fourth-order valence-corrected chi connectivity index (χ4v) is 4.02. The number of hydrogen-bond acceptors (Lipinski definition) is 2. The van der Waals surface area contributed by atoms with Crippen molar-refractivity contribution in [3.63, 3.8) is 0 Å². The number of amides is 1. The summed E-state index contributed by atoms with van der Waals surface area (Å²) in [5.74, 6) is 0.694. The standard InChI is InChI=1S/C26H42BrNO2/c1-3-5-6-7-8-9-10-11-12-13-14-15-16-17-20-28-26(29)23-18-19-25(24(27)22-23)30-21-4-2/h4,18-19,22H,2-3,5-17,20-21H2,1H3,(H,28,29). The Morgan fingerprint density at radius 1 is 0.933 bits per heavy atom. The molecule has 1 rings (SSSR count). The van der Waals surface area contributed by atoms with Gasteiger partial charge >= 0.3 is 0 Å². The summed E-state index contributed by atoms with van der Waals surface area (Å²) < 4.78 is 6.30. The van der Waals surface area contributed by atoms with Gasteiger partial charge in [-0.05, 0) is 40.5 Å². The zero-order chi connectivity index (χ0) is 21.9. The van der Waals surface area contributed by atoms with Gasteiger partial charge < -0.3 is 10.1 Å². The highest BCUT2D eigenvalue weighted by molar-refractivity contribution is 9.10. The summed E-state index contributed by atoms with van der Waals surface area (Å²) in [6, 6.07) is 5.41. The number of nitrogens with one attached hydrogen (secondary N) is 1. The first-order chi connectivity index (χ1) is 14.7. The smallest absolute Gasteiger partial charge is 0.251 e. The minimum absolute atomic E-state index is 0.0272. The van der Waals surface area contributed by atoms with Crippen molar-refractivity contribution in [3.8, 4) is 5.75 Å². The third-order valence-electron chi connectivity index (χ3n) is 5.37. The average molecular weight is 481 g/mol. The summed E-state index contributed by atoms with van der Waals surface area (Å²) in [6.45, 7) is 7.10. The molecule has 0 unspecified atom stereocenters. The van der Waals surface area contributed by atoms with Gasteiger partial charge in [0.15, 0.2) is 0 Å². The lowest BCUT2D eigenvalue weighted by atomic mass is 10.0. The van der Waals surface area contributed by atoms with E-state index in [0.717, 1.165) is 23.2 Å². The van der Waals surface area contributed by atoms with Crippen LogP contribution < -0.4 is 10.1 Å². The molecule has 1 aromatic rings. The van der Waals surface area contributed by atoms with Crippen LogP contribution >= 0.6 is 15.9 Å². The summed E-state index contributed by atoms with van der Waals surface area (Å²) in [5, 5.41) is 3.02. The third-order valence-corrected chi connectivity index (χ3v) is 5.99. The molecule has 30 heavy (non-hydrogen) atoms. The minimum atomic E-state index is -0.0272. The van der Waals surface area contributed by atoms with Gasteiger partial charge in [-0.15, -0.1) is 0 Å². The van der Waals surface area contributed by atoms with Gasteiger partial charge in [0.05, 0.1) is 4.47 Å². The molecule has 0 aromatic heterocycles. The van der Waals surface area contributed by atoms with Gasteiger partial charge in [-0.1, -0.05) is 103 Å². The number of unbranched alkanes of at least 4 members (excludes halogenated alkanes) is 13.